The molecule has 0 bridgehead atoms. The third kappa shape index (κ3) is 4.06. The van der Waals surface area contributed by atoms with Crippen molar-refractivity contribution in [3.05, 3.63) is 11.9 Å². The fourth-order valence-electron chi connectivity index (χ4n) is 2.09. The Morgan fingerprint density at radius 3 is 2.47 bits per heavy atom. The number of hydrogen-bond donors (Lipinski definition) is 2. The lowest BCUT2D eigenvalue weighted by Crippen LogP contribution is -2.28. The summed E-state index contributed by atoms with van der Waals surface area (Å²) in [6.07, 6.45) is 2.46. The highest BCUT2D eigenvalue weighted by atomic mass is 15.1. The molecule has 0 radical (unpaired) electrons. The lowest BCUT2D eigenvalue weighted by Gasteiger charge is -2.18. The minimum Gasteiger partial charge on any atom is -0.373 e. The zero-order valence-electron chi connectivity index (χ0n) is 12.2. The minimum absolute atomic E-state index is 0.580. The number of nitrogens with one attached hydrogen (secondary N) is 2. The molecule has 1 saturated carbocycles. The molecule has 0 aromatic carbocycles. The van der Waals surface area contributed by atoms with Gasteiger partial charge >= 0.3 is 0 Å². The van der Waals surface area contributed by atoms with Gasteiger partial charge in [-0.25, -0.2) is 9.97 Å². The molecule has 0 aliphatic heterocycles. The van der Waals surface area contributed by atoms with Crippen molar-refractivity contribution in [3.8, 4) is 0 Å². The zero-order valence-corrected chi connectivity index (χ0v) is 12.2. The standard InChI is InChI=1S/C14H25N5/c1-4-19(5-2)9-8-16-13-10-12(15-3)17-14(18-13)11-6-7-11/h10-11H,4-9H2,1-3H3,(H2,15,16,17,18). The van der Waals surface area contributed by atoms with Crippen molar-refractivity contribution < 1.29 is 0 Å². The molecule has 0 unspecified atom stereocenters. The molecular weight excluding hydrogens is 238 g/mol. The molecule has 2 rings (SSSR count). The van der Waals surface area contributed by atoms with Crippen molar-refractivity contribution in [3.63, 3.8) is 0 Å². The molecule has 1 heterocycles. The Hall–Kier alpha value is -1.36. The molecule has 0 saturated heterocycles. The zero-order chi connectivity index (χ0) is 13.7. The number of hydrogen-bond acceptors (Lipinski definition) is 5. The number of rotatable bonds is 8. The summed E-state index contributed by atoms with van der Waals surface area (Å²) >= 11 is 0. The van der Waals surface area contributed by atoms with Crippen molar-refractivity contribution >= 4 is 11.6 Å². The summed E-state index contributed by atoms with van der Waals surface area (Å²) in [6.45, 7) is 8.54. The Kier molecular flexibility index (Phi) is 4.96. The fraction of sp³-hybridized carbons (Fsp3) is 0.714. The van der Waals surface area contributed by atoms with Gasteiger partial charge < -0.3 is 15.5 Å². The molecule has 0 amide bonds. The molecule has 1 aromatic rings. The molecule has 1 aliphatic rings. The van der Waals surface area contributed by atoms with Gasteiger partial charge in [0.25, 0.3) is 0 Å². The SMILES string of the molecule is CCN(CC)CCNc1cc(NC)nc(C2CC2)n1. The first-order chi connectivity index (χ1) is 9.26. The third-order valence-corrected chi connectivity index (χ3v) is 3.57. The van der Waals surface area contributed by atoms with E-state index in [1.54, 1.807) is 0 Å². The molecule has 1 aliphatic carbocycles. The van der Waals surface area contributed by atoms with Crippen LogP contribution in [0.5, 0.6) is 0 Å². The highest BCUT2D eigenvalue weighted by molar-refractivity contribution is 5.47. The monoisotopic (exact) mass is 263 g/mol. The van der Waals surface area contributed by atoms with Gasteiger partial charge in [-0.1, -0.05) is 13.8 Å². The smallest absolute Gasteiger partial charge is 0.136 e. The number of likely N-dealkylation sites (N-methyl/N-ethyl adjacent to an activating group) is 1. The summed E-state index contributed by atoms with van der Waals surface area (Å²) in [6, 6.07) is 1.98. The first-order valence-corrected chi connectivity index (χ1v) is 7.29. The van der Waals surface area contributed by atoms with E-state index in [4.69, 9.17) is 0 Å². The summed E-state index contributed by atoms with van der Waals surface area (Å²) in [4.78, 5) is 11.5. The molecule has 1 fully saturated rings. The molecule has 106 valence electrons. The molecule has 0 atom stereocenters. The van der Waals surface area contributed by atoms with Crippen LogP contribution < -0.4 is 10.6 Å². The van der Waals surface area contributed by atoms with Gasteiger partial charge in [0.2, 0.25) is 0 Å². The predicted molar refractivity (Wildman–Crippen MR) is 79.8 cm³/mol. The number of nitrogens with zero attached hydrogens (tertiary/aromatic N) is 3. The van der Waals surface area contributed by atoms with Crippen molar-refractivity contribution in [2.24, 2.45) is 0 Å². The van der Waals surface area contributed by atoms with E-state index in [2.05, 4.69) is 39.3 Å². The predicted octanol–water partition coefficient (Wildman–Crippen LogP) is 2.15. The van der Waals surface area contributed by atoms with Gasteiger partial charge in [0.1, 0.15) is 17.5 Å². The molecule has 0 spiro atoms. The van der Waals surface area contributed by atoms with E-state index >= 15 is 0 Å². The summed E-state index contributed by atoms with van der Waals surface area (Å²) in [5.41, 5.74) is 0. The maximum atomic E-state index is 4.61. The molecule has 1 aromatic heterocycles. The fourth-order valence-corrected chi connectivity index (χ4v) is 2.09. The summed E-state index contributed by atoms with van der Waals surface area (Å²) in [5, 5.41) is 6.52. The highest BCUT2D eigenvalue weighted by Gasteiger charge is 2.27. The average molecular weight is 263 g/mol. The first-order valence-electron chi connectivity index (χ1n) is 7.29. The number of anilines is 2. The van der Waals surface area contributed by atoms with E-state index < -0.39 is 0 Å². The number of aromatic nitrogens is 2. The second kappa shape index (κ2) is 6.70. The topological polar surface area (TPSA) is 53.1 Å². The van der Waals surface area contributed by atoms with Gasteiger partial charge in [-0.3, -0.25) is 0 Å². The Morgan fingerprint density at radius 1 is 1.21 bits per heavy atom. The molecular formula is C14H25N5. The molecule has 2 N–H and O–H groups in total. The summed E-state index contributed by atoms with van der Waals surface area (Å²) < 4.78 is 0. The normalized spacial score (nSPS) is 14.7. The van der Waals surface area contributed by atoms with Gasteiger partial charge in [-0.05, 0) is 25.9 Å². The van der Waals surface area contributed by atoms with Crippen LogP contribution in [-0.4, -0.2) is 48.1 Å². The summed E-state index contributed by atoms with van der Waals surface area (Å²) in [7, 11) is 1.90. The maximum absolute atomic E-state index is 4.61. The van der Waals surface area contributed by atoms with Gasteiger partial charge in [0.05, 0.1) is 0 Å². The van der Waals surface area contributed by atoms with Gasteiger partial charge in [0, 0.05) is 32.1 Å². The van der Waals surface area contributed by atoms with Crippen LogP contribution in [0.4, 0.5) is 11.6 Å². The van der Waals surface area contributed by atoms with E-state index in [0.29, 0.717) is 5.92 Å². The van der Waals surface area contributed by atoms with Gasteiger partial charge in [-0.15, -0.1) is 0 Å². The lowest BCUT2D eigenvalue weighted by atomic mass is 10.3. The van der Waals surface area contributed by atoms with Crippen LogP contribution in [0.25, 0.3) is 0 Å². The van der Waals surface area contributed by atoms with E-state index in [9.17, 15) is 0 Å². The van der Waals surface area contributed by atoms with Gasteiger partial charge in [-0.2, -0.15) is 0 Å². The van der Waals surface area contributed by atoms with Crippen molar-refractivity contribution in [1.82, 2.24) is 14.9 Å². The van der Waals surface area contributed by atoms with E-state index in [1.165, 1.54) is 12.8 Å². The Morgan fingerprint density at radius 2 is 1.89 bits per heavy atom. The second-order valence-electron chi connectivity index (χ2n) is 4.97. The minimum atomic E-state index is 0.580. The summed E-state index contributed by atoms with van der Waals surface area (Å²) in [5.74, 6) is 3.41. The molecule has 5 heteroatoms. The van der Waals surface area contributed by atoms with Crippen LogP contribution in [0, 0.1) is 0 Å². The largest absolute Gasteiger partial charge is 0.373 e. The van der Waals surface area contributed by atoms with Crippen LogP contribution in [-0.2, 0) is 0 Å². The maximum Gasteiger partial charge on any atom is 0.136 e. The van der Waals surface area contributed by atoms with Crippen LogP contribution in [0.3, 0.4) is 0 Å². The Labute approximate surface area is 115 Å². The Balaban J connectivity index is 1.93. The van der Waals surface area contributed by atoms with Crippen LogP contribution in [0.15, 0.2) is 6.07 Å². The third-order valence-electron chi connectivity index (χ3n) is 3.57. The lowest BCUT2D eigenvalue weighted by molar-refractivity contribution is 0.316. The van der Waals surface area contributed by atoms with E-state index in [1.807, 2.05) is 13.1 Å². The van der Waals surface area contributed by atoms with E-state index in [0.717, 1.165) is 43.6 Å². The molecule has 19 heavy (non-hydrogen) atoms. The Bertz CT molecular complexity index is 399. The van der Waals surface area contributed by atoms with Gasteiger partial charge in [0.15, 0.2) is 0 Å². The van der Waals surface area contributed by atoms with Crippen LogP contribution in [0.1, 0.15) is 38.4 Å². The average Bonchev–Trinajstić information content (AvgIpc) is 3.28. The van der Waals surface area contributed by atoms with Crippen LogP contribution >= 0.6 is 0 Å². The quantitative estimate of drug-likeness (QED) is 0.752. The van der Waals surface area contributed by atoms with Crippen molar-refractivity contribution in [2.75, 3.05) is 43.9 Å². The molecule has 5 nitrogen and oxygen atoms in total. The first kappa shape index (κ1) is 14.1. The highest BCUT2D eigenvalue weighted by Crippen LogP contribution is 2.38. The second-order valence-corrected chi connectivity index (χ2v) is 4.97. The van der Waals surface area contributed by atoms with Crippen molar-refractivity contribution in [1.29, 1.82) is 0 Å². The van der Waals surface area contributed by atoms with E-state index in [-0.39, 0.29) is 0 Å². The van der Waals surface area contributed by atoms with Crippen molar-refractivity contribution in [2.45, 2.75) is 32.6 Å². The van der Waals surface area contributed by atoms with Crippen LogP contribution in [0.2, 0.25) is 0 Å².